The van der Waals surface area contributed by atoms with E-state index >= 15 is 0 Å². The predicted octanol–water partition coefficient (Wildman–Crippen LogP) is 3.63. The van der Waals surface area contributed by atoms with E-state index in [1.54, 1.807) is 7.11 Å². The highest BCUT2D eigenvalue weighted by atomic mass is 127. The Morgan fingerprint density at radius 2 is 1.81 bits per heavy atom. The van der Waals surface area contributed by atoms with E-state index in [4.69, 9.17) is 4.74 Å². The van der Waals surface area contributed by atoms with Gasteiger partial charge in [0.25, 0.3) is 0 Å². The largest absolute Gasteiger partial charge is 0.385 e. The van der Waals surface area contributed by atoms with Crippen LogP contribution in [0.5, 0.6) is 0 Å². The van der Waals surface area contributed by atoms with E-state index in [1.807, 2.05) is 7.05 Å². The summed E-state index contributed by atoms with van der Waals surface area (Å²) in [6.07, 6.45) is 6.35. The molecule has 26 heavy (non-hydrogen) atoms. The van der Waals surface area contributed by atoms with Crippen molar-refractivity contribution in [2.45, 2.75) is 38.6 Å². The molecule has 5 nitrogen and oxygen atoms in total. The summed E-state index contributed by atoms with van der Waals surface area (Å²) in [7, 11) is 7.74. The minimum atomic E-state index is 0. The van der Waals surface area contributed by atoms with Gasteiger partial charge in [0, 0.05) is 53.6 Å². The normalized spacial score (nSPS) is 16.1. The van der Waals surface area contributed by atoms with Crippen LogP contribution in [0.25, 0.3) is 0 Å². The van der Waals surface area contributed by atoms with Gasteiger partial charge in [-0.05, 0) is 42.4 Å². The van der Waals surface area contributed by atoms with E-state index < -0.39 is 0 Å². The number of anilines is 1. The molecule has 0 atom stereocenters. The van der Waals surface area contributed by atoms with Crippen LogP contribution in [-0.2, 0) is 11.3 Å². The Morgan fingerprint density at radius 3 is 2.35 bits per heavy atom. The van der Waals surface area contributed by atoms with Crippen molar-refractivity contribution in [1.29, 1.82) is 0 Å². The standard InChI is InChI=1S/C20H34N4O.HI/c1-21-19(22-15-17-7-9-18(10-8-17)24(2)3)23-16-20(13-14-25-4)11-5-6-12-20;/h7-10H,5-6,11-16H2,1-4H3,(H2,21,22,23);1H. The molecule has 0 aliphatic heterocycles. The monoisotopic (exact) mass is 474 g/mol. The van der Waals surface area contributed by atoms with Crippen LogP contribution in [-0.4, -0.2) is 47.4 Å². The first-order chi connectivity index (χ1) is 12.1. The first-order valence-corrected chi connectivity index (χ1v) is 9.28. The Labute approximate surface area is 176 Å². The highest BCUT2D eigenvalue weighted by molar-refractivity contribution is 14.0. The summed E-state index contributed by atoms with van der Waals surface area (Å²) in [4.78, 5) is 6.49. The molecular formula is C20H35IN4O. The fraction of sp³-hybridized carbons (Fsp3) is 0.650. The number of guanidine groups is 1. The summed E-state index contributed by atoms with van der Waals surface area (Å²) in [5.74, 6) is 0.875. The van der Waals surface area contributed by atoms with Crippen molar-refractivity contribution in [2.75, 3.05) is 46.3 Å². The molecule has 0 amide bonds. The number of halogens is 1. The summed E-state index contributed by atoms with van der Waals surface area (Å²) in [6.45, 7) is 2.58. The minimum absolute atomic E-state index is 0. The molecule has 0 radical (unpaired) electrons. The molecule has 1 aromatic rings. The van der Waals surface area contributed by atoms with Crippen LogP contribution < -0.4 is 15.5 Å². The SMILES string of the molecule is CN=C(NCc1ccc(N(C)C)cc1)NCC1(CCOC)CCCC1.I. The lowest BCUT2D eigenvalue weighted by molar-refractivity contribution is 0.138. The van der Waals surface area contributed by atoms with Crippen LogP contribution in [0.1, 0.15) is 37.7 Å². The van der Waals surface area contributed by atoms with Gasteiger partial charge in [-0.1, -0.05) is 25.0 Å². The van der Waals surface area contributed by atoms with Crippen LogP contribution in [0, 0.1) is 5.41 Å². The van der Waals surface area contributed by atoms with Crippen LogP contribution in [0.4, 0.5) is 5.69 Å². The summed E-state index contributed by atoms with van der Waals surface area (Å²) >= 11 is 0. The van der Waals surface area contributed by atoms with Crippen LogP contribution in [0.2, 0.25) is 0 Å². The van der Waals surface area contributed by atoms with Gasteiger partial charge >= 0.3 is 0 Å². The van der Waals surface area contributed by atoms with Crippen LogP contribution in [0.3, 0.4) is 0 Å². The molecule has 0 unspecified atom stereocenters. The molecule has 0 aromatic heterocycles. The Hall–Kier alpha value is -1.02. The van der Waals surface area contributed by atoms with E-state index in [1.165, 1.54) is 36.9 Å². The number of ether oxygens (including phenoxy) is 1. The molecule has 2 N–H and O–H groups in total. The summed E-state index contributed by atoms with van der Waals surface area (Å²) < 4.78 is 5.32. The Kier molecular flexibility index (Phi) is 10.3. The van der Waals surface area contributed by atoms with Gasteiger partial charge in [-0.25, -0.2) is 0 Å². The average molecular weight is 474 g/mol. The molecule has 1 aromatic carbocycles. The molecule has 0 saturated heterocycles. The van der Waals surface area contributed by atoms with Crippen LogP contribution >= 0.6 is 24.0 Å². The molecule has 0 bridgehead atoms. The Balaban J connectivity index is 0.00000338. The van der Waals surface area contributed by atoms with E-state index in [2.05, 4.69) is 58.9 Å². The number of hydrogen-bond donors (Lipinski definition) is 2. The fourth-order valence-electron chi connectivity index (χ4n) is 3.55. The van der Waals surface area contributed by atoms with Crippen molar-refractivity contribution in [3.63, 3.8) is 0 Å². The van der Waals surface area contributed by atoms with Gasteiger partial charge in [-0.3, -0.25) is 4.99 Å². The molecular weight excluding hydrogens is 439 g/mol. The molecule has 1 aliphatic rings. The molecule has 0 heterocycles. The topological polar surface area (TPSA) is 48.9 Å². The zero-order valence-corrected chi connectivity index (χ0v) is 19.0. The van der Waals surface area contributed by atoms with Gasteiger partial charge in [0.15, 0.2) is 5.96 Å². The maximum atomic E-state index is 5.32. The van der Waals surface area contributed by atoms with Crippen molar-refractivity contribution in [1.82, 2.24) is 10.6 Å². The van der Waals surface area contributed by atoms with E-state index in [0.29, 0.717) is 5.41 Å². The lowest BCUT2D eigenvalue weighted by atomic mass is 9.83. The maximum absolute atomic E-state index is 5.32. The number of nitrogens with zero attached hydrogens (tertiary/aromatic N) is 2. The van der Waals surface area contributed by atoms with E-state index in [0.717, 1.165) is 32.1 Å². The molecule has 6 heteroatoms. The second kappa shape index (κ2) is 11.6. The molecule has 2 rings (SSSR count). The summed E-state index contributed by atoms with van der Waals surface area (Å²) in [5, 5.41) is 6.96. The maximum Gasteiger partial charge on any atom is 0.191 e. The number of nitrogens with one attached hydrogen (secondary N) is 2. The molecule has 1 aliphatic carbocycles. The zero-order chi connectivity index (χ0) is 18.1. The van der Waals surface area contributed by atoms with E-state index in [-0.39, 0.29) is 24.0 Å². The quantitative estimate of drug-likeness (QED) is 0.343. The van der Waals surface area contributed by atoms with Crippen molar-refractivity contribution in [3.8, 4) is 0 Å². The zero-order valence-electron chi connectivity index (χ0n) is 16.7. The van der Waals surface area contributed by atoms with Crippen molar-refractivity contribution < 1.29 is 4.74 Å². The third kappa shape index (κ3) is 6.95. The summed E-state index contributed by atoms with van der Waals surface area (Å²) in [5.41, 5.74) is 2.83. The number of hydrogen-bond acceptors (Lipinski definition) is 3. The highest BCUT2D eigenvalue weighted by Crippen LogP contribution is 2.40. The predicted molar refractivity (Wildman–Crippen MR) is 122 cm³/mol. The number of methoxy groups -OCH3 is 1. The second-order valence-electron chi connectivity index (χ2n) is 7.29. The smallest absolute Gasteiger partial charge is 0.191 e. The van der Waals surface area contributed by atoms with Gasteiger partial charge < -0.3 is 20.3 Å². The van der Waals surface area contributed by atoms with Gasteiger partial charge in [-0.15, -0.1) is 24.0 Å². The Morgan fingerprint density at radius 1 is 1.15 bits per heavy atom. The van der Waals surface area contributed by atoms with Gasteiger partial charge in [0.1, 0.15) is 0 Å². The number of benzene rings is 1. The number of aliphatic imine (C=N–C) groups is 1. The first kappa shape index (κ1) is 23.0. The van der Waals surface area contributed by atoms with Gasteiger partial charge in [0.05, 0.1) is 0 Å². The van der Waals surface area contributed by atoms with Gasteiger partial charge in [0.2, 0.25) is 0 Å². The number of rotatable bonds is 8. The lowest BCUT2D eigenvalue weighted by Gasteiger charge is -2.30. The van der Waals surface area contributed by atoms with Crippen molar-refractivity contribution >= 4 is 35.6 Å². The minimum Gasteiger partial charge on any atom is -0.385 e. The highest BCUT2D eigenvalue weighted by Gasteiger charge is 2.33. The molecule has 0 spiro atoms. The Bertz CT molecular complexity index is 539. The third-order valence-electron chi connectivity index (χ3n) is 5.27. The van der Waals surface area contributed by atoms with Crippen molar-refractivity contribution in [3.05, 3.63) is 29.8 Å². The lowest BCUT2D eigenvalue weighted by Crippen LogP contribution is -2.43. The van der Waals surface area contributed by atoms with Crippen LogP contribution in [0.15, 0.2) is 29.3 Å². The average Bonchev–Trinajstić information content (AvgIpc) is 3.09. The fourth-order valence-corrected chi connectivity index (χ4v) is 3.55. The molecule has 148 valence electrons. The second-order valence-corrected chi connectivity index (χ2v) is 7.29. The molecule has 1 saturated carbocycles. The summed E-state index contributed by atoms with van der Waals surface area (Å²) in [6, 6.07) is 8.61. The first-order valence-electron chi connectivity index (χ1n) is 9.28. The van der Waals surface area contributed by atoms with Gasteiger partial charge in [-0.2, -0.15) is 0 Å². The third-order valence-corrected chi connectivity index (χ3v) is 5.27. The molecule has 1 fully saturated rings. The van der Waals surface area contributed by atoms with E-state index in [9.17, 15) is 0 Å². The van der Waals surface area contributed by atoms with Crippen molar-refractivity contribution in [2.24, 2.45) is 10.4 Å².